The fraction of sp³-hybridized carbons (Fsp3) is 0.400. The summed E-state index contributed by atoms with van der Waals surface area (Å²) in [6.45, 7) is 7.10. The minimum absolute atomic E-state index is 0.228. The second-order valence-corrected chi connectivity index (χ2v) is 9.46. The highest BCUT2D eigenvalue weighted by atomic mass is 19.1. The predicted octanol–water partition coefficient (Wildman–Crippen LogP) is 5.44. The van der Waals surface area contributed by atoms with Crippen LogP contribution in [-0.4, -0.2) is 48.0 Å². The molecule has 38 heavy (non-hydrogen) atoms. The van der Waals surface area contributed by atoms with Crippen LogP contribution in [0.5, 0.6) is 5.75 Å². The molecule has 202 valence electrons. The number of likely N-dealkylation sites (tertiary alicyclic amines) is 1. The molecule has 1 atom stereocenters. The van der Waals surface area contributed by atoms with Gasteiger partial charge in [-0.05, 0) is 74.2 Å². The van der Waals surface area contributed by atoms with E-state index in [0.717, 1.165) is 23.3 Å². The minimum atomic E-state index is -0.307. The first-order valence-corrected chi connectivity index (χ1v) is 13.2. The van der Waals surface area contributed by atoms with E-state index in [0.29, 0.717) is 58.1 Å². The predicted molar refractivity (Wildman–Crippen MR) is 141 cm³/mol. The first kappa shape index (κ1) is 27.4. The third kappa shape index (κ3) is 7.44. The molecule has 1 aromatic heterocycles. The number of piperidine rings is 1. The second-order valence-electron chi connectivity index (χ2n) is 9.46. The number of ether oxygens (including phenoxy) is 2. The van der Waals surface area contributed by atoms with Crippen LogP contribution in [0.4, 0.5) is 4.39 Å². The van der Waals surface area contributed by atoms with Crippen LogP contribution in [0.2, 0.25) is 0 Å². The summed E-state index contributed by atoms with van der Waals surface area (Å²) >= 11 is 0. The molecule has 0 aliphatic carbocycles. The molecule has 1 saturated heterocycles. The lowest BCUT2D eigenvalue weighted by Gasteiger charge is -2.30. The monoisotopic (exact) mass is 522 g/mol. The number of hydrogen-bond acceptors (Lipinski definition) is 6. The van der Waals surface area contributed by atoms with Crippen molar-refractivity contribution in [3.05, 3.63) is 89.1 Å². The highest BCUT2D eigenvalue weighted by Gasteiger charge is 2.31. The molecule has 0 bridgehead atoms. The van der Waals surface area contributed by atoms with Crippen molar-refractivity contribution in [2.24, 2.45) is 5.92 Å². The highest BCUT2D eigenvalue weighted by Crippen LogP contribution is 2.23. The first-order chi connectivity index (χ1) is 18.4. The van der Waals surface area contributed by atoms with Gasteiger partial charge in [0.2, 0.25) is 0 Å². The number of rotatable bonds is 11. The molecule has 7 nitrogen and oxygen atoms in total. The molecule has 1 fully saturated rings. The number of amides is 1. The van der Waals surface area contributed by atoms with Crippen LogP contribution in [0.25, 0.3) is 0 Å². The van der Waals surface area contributed by atoms with Gasteiger partial charge in [0, 0.05) is 26.2 Å². The Morgan fingerprint density at radius 3 is 2.53 bits per heavy atom. The van der Waals surface area contributed by atoms with E-state index in [1.807, 2.05) is 37.3 Å². The Kier molecular flexibility index (Phi) is 9.54. The summed E-state index contributed by atoms with van der Waals surface area (Å²) in [6, 6.07) is 17.9. The number of carbonyl (C=O) groups is 2. The van der Waals surface area contributed by atoms with Crippen molar-refractivity contribution < 1.29 is 27.9 Å². The molecule has 1 aliphatic rings. The molecule has 8 heteroatoms. The molecule has 0 saturated carbocycles. The Labute approximate surface area is 223 Å². The molecule has 0 radical (unpaired) electrons. The molecule has 0 spiro atoms. The molecule has 2 heterocycles. The summed E-state index contributed by atoms with van der Waals surface area (Å²) in [4.78, 5) is 29.1. The average molecular weight is 523 g/mol. The molecular formula is C30H35FN2O5. The van der Waals surface area contributed by atoms with E-state index in [4.69, 9.17) is 13.9 Å². The third-order valence-corrected chi connectivity index (χ3v) is 6.52. The standard InChI is InChI=1S/C30H35FN2O5/c1-3-36-26-12-10-22(11-13-26)18-32(19-23-7-5-9-25(31)17-23)21-27-14-15-28(38-27)29(34)33-16-6-8-24(20-33)30(35)37-4-2/h5,7,9-15,17,24H,3-4,6,8,16,18-21H2,1-2H3. The van der Waals surface area contributed by atoms with Gasteiger partial charge in [-0.2, -0.15) is 0 Å². The van der Waals surface area contributed by atoms with Gasteiger partial charge >= 0.3 is 5.97 Å². The van der Waals surface area contributed by atoms with Crippen LogP contribution in [-0.2, 0) is 29.2 Å². The maximum atomic E-state index is 13.9. The zero-order valence-corrected chi connectivity index (χ0v) is 22.0. The van der Waals surface area contributed by atoms with E-state index in [2.05, 4.69) is 4.90 Å². The maximum Gasteiger partial charge on any atom is 0.310 e. The molecule has 4 rings (SSSR count). The lowest BCUT2D eigenvalue weighted by Crippen LogP contribution is -2.42. The smallest absolute Gasteiger partial charge is 0.310 e. The average Bonchev–Trinajstić information content (AvgIpc) is 3.38. The van der Waals surface area contributed by atoms with Crippen molar-refractivity contribution >= 4 is 11.9 Å². The molecule has 0 N–H and O–H groups in total. The normalized spacial score (nSPS) is 15.5. The molecule has 2 aromatic carbocycles. The van der Waals surface area contributed by atoms with E-state index >= 15 is 0 Å². The number of carbonyl (C=O) groups excluding carboxylic acids is 2. The summed E-state index contributed by atoms with van der Waals surface area (Å²) in [7, 11) is 0. The van der Waals surface area contributed by atoms with Crippen LogP contribution in [0.15, 0.2) is 65.1 Å². The van der Waals surface area contributed by atoms with Crippen LogP contribution in [0, 0.1) is 11.7 Å². The van der Waals surface area contributed by atoms with Crippen molar-refractivity contribution in [3.8, 4) is 5.75 Å². The van der Waals surface area contributed by atoms with E-state index in [1.165, 1.54) is 12.1 Å². The van der Waals surface area contributed by atoms with Crippen molar-refractivity contribution in [1.82, 2.24) is 9.80 Å². The van der Waals surface area contributed by atoms with E-state index in [9.17, 15) is 14.0 Å². The van der Waals surface area contributed by atoms with Gasteiger partial charge in [-0.1, -0.05) is 24.3 Å². The van der Waals surface area contributed by atoms with E-state index in [1.54, 1.807) is 30.0 Å². The van der Waals surface area contributed by atoms with Crippen molar-refractivity contribution in [2.45, 2.75) is 46.3 Å². The fourth-order valence-corrected chi connectivity index (χ4v) is 4.75. The van der Waals surface area contributed by atoms with E-state index < -0.39 is 0 Å². The van der Waals surface area contributed by atoms with Gasteiger partial charge in [-0.15, -0.1) is 0 Å². The number of furan rings is 1. The van der Waals surface area contributed by atoms with Crippen LogP contribution >= 0.6 is 0 Å². The van der Waals surface area contributed by atoms with Gasteiger partial charge in [0.1, 0.15) is 17.3 Å². The van der Waals surface area contributed by atoms with Gasteiger partial charge in [0.15, 0.2) is 5.76 Å². The summed E-state index contributed by atoms with van der Waals surface area (Å²) in [6.07, 6.45) is 1.46. The number of halogens is 1. The zero-order valence-electron chi connectivity index (χ0n) is 22.0. The topological polar surface area (TPSA) is 72.2 Å². The van der Waals surface area contributed by atoms with E-state index in [-0.39, 0.29) is 29.4 Å². The van der Waals surface area contributed by atoms with Crippen LogP contribution in [0.3, 0.4) is 0 Å². The Hall–Kier alpha value is -3.65. The molecular weight excluding hydrogens is 487 g/mol. The first-order valence-electron chi connectivity index (χ1n) is 13.2. The Bertz CT molecular complexity index is 1210. The van der Waals surface area contributed by atoms with Crippen LogP contribution in [0.1, 0.15) is 54.1 Å². The van der Waals surface area contributed by atoms with Gasteiger partial charge in [0.25, 0.3) is 5.91 Å². The minimum Gasteiger partial charge on any atom is -0.494 e. The number of nitrogens with zero attached hydrogens (tertiary/aromatic N) is 2. The Balaban J connectivity index is 1.45. The van der Waals surface area contributed by atoms with Gasteiger partial charge in [-0.3, -0.25) is 14.5 Å². The van der Waals surface area contributed by atoms with Crippen molar-refractivity contribution in [1.29, 1.82) is 0 Å². The Morgan fingerprint density at radius 2 is 1.79 bits per heavy atom. The lowest BCUT2D eigenvalue weighted by atomic mass is 9.98. The van der Waals surface area contributed by atoms with Crippen molar-refractivity contribution in [2.75, 3.05) is 26.3 Å². The van der Waals surface area contributed by atoms with Gasteiger partial charge in [0.05, 0.1) is 25.7 Å². The SMILES string of the molecule is CCOC(=O)C1CCCN(C(=O)c2ccc(CN(Cc3ccc(OCC)cc3)Cc3cccc(F)c3)o2)C1. The molecule has 1 amide bonds. The molecule has 1 aliphatic heterocycles. The summed E-state index contributed by atoms with van der Waals surface area (Å²) in [5, 5.41) is 0. The molecule has 3 aromatic rings. The number of benzene rings is 2. The van der Waals surface area contributed by atoms with Crippen molar-refractivity contribution in [3.63, 3.8) is 0 Å². The molecule has 1 unspecified atom stereocenters. The summed E-state index contributed by atoms with van der Waals surface area (Å²) in [5.74, 6) is 0.617. The Morgan fingerprint density at radius 1 is 1.00 bits per heavy atom. The maximum absolute atomic E-state index is 13.9. The fourth-order valence-electron chi connectivity index (χ4n) is 4.75. The van der Waals surface area contributed by atoms with Gasteiger partial charge < -0.3 is 18.8 Å². The summed E-state index contributed by atoms with van der Waals surface area (Å²) in [5.41, 5.74) is 1.92. The summed E-state index contributed by atoms with van der Waals surface area (Å²) < 4.78 is 30.5. The third-order valence-electron chi connectivity index (χ3n) is 6.52. The number of esters is 1. The lowest BCUT2D eigenvalue weighted by molar-refractivity contribution is -0.149. The van der Waals surface area contributed by atoms with Gasteiger partial charge in [-0.25, -0.2) is 4.39 Å². The number of hydrogen-bond donors (Lipinski definition) is 0. The largest absolute Gasteiger partial charge is 0.494 e. The zero-order chi connectivity index (χ0) is 26.9. The second kappa shape index (κ2) is 13.2. The highest BCUT2D eigenvalue weighted by molar-refractivity contribution is 5.92. The quantitative estimate of drug-likeness (QED) is 0.313. The van der Waals surface area contributed by atoms with Crippen LogP contribution < -0.4 is 4.74 Å².